The molecule has 0 unspecified atom stereocenters. The zero-order valence-corrected chi connectivity index (χ0v) is 11.5. The Kier molecular flexibility index (Phi) is 5.15. The number of rotatable bonds is 6. The van der Waals surface area contributed by atoms with Gasteiger partial charge in [-0.2, -0.15) is 0 Å². The average Bonchev–Trinajstić information content (AvgIpc) is 2.48. The number of nitrogens with two attached hydrogens (primary N) is 1. The van der Waals surface area contributed by atoms with Gasteiger partial charge >= 0.3 is 0 Å². The summed E-state index contributed by atoms with van der Waals surface area (Å²) in [6, 6.07) is 13.2. The maximum atomic E-state index is 13.4. The van der Waals surface area contributed by atoms with Crippen molar-refractivity contribution in [3.63, 3.8) is 0 Å². The molecule has 2 aromatic rings. The molecule has 0 bridgehead atoms. The van der Waals surface area contributed by atoms with E-state index in [2.05, 4.69) is 5.32 Å². The zero-order valence-electron chi connectivity index (χ0n) is 11.5. The molecule has 5 heteroatoms. The number of halogens is 1. The van der Waals surface area contributed by atoms with Gasteiger partial charge in [-0.1, -0.05) is 18.2 Å². The van der Waals surface area contributed by atoms with E-state index in [0.717, 1.165) is 0 Å². The average molecular weight is 288 g/mol. The third kappa shape index (κ3) is 4.80. The first kappa shape index (κ1) is 14.8. The number of anilines is 1. The van der Waals surface area contributed by atoms with E-state index >= 15 is 0 Å². The van der Waals surface area contributed by atoms with E-state index in [9.17, 15) is 9.18 Å². The fraction of sp³-hybridized carbons (Fsp3) is 0.188. The van der Waals surface area contributed by atoms with Gasteiger partial charge in [-0.3, -0.25) is 4.79 Å². The highest BCUT2D eigenvalue weighted by Gasteiger charge is 2.06. The molecule has 2 rings (SSSR count). The summed E-state index contributed by atoms with van der Waals surface area (Å²) in [7, 11) is 0. The van der Waals surface area contributed by atoms with Gasteiger partial charge in [0.15, 0.2) is 0 Å². The highest BCUT2D eigenvalue weighted by atomic mass is 19.1. The molecule has 0 aliphatic rings. The van der Waals surface area contributed by atoms with E-state index in [4.69, 9.17) is 10.5 Å². The molecule has 0 heterocycles. The van der Waals surface area contributed by atoms with Crippen molar-refractivity contribution in [2.24, 2.45) is 0 Å². The van der Waals surface area contributed by atoms with E-state index in [1.54, 1.807) is 42.5 Å². The summed E-state index contributed by atoms with van der Waals surface area (Å²) >= 11 is 0. The zero-order chi connectivity index (χ0) is 15.1. The van der Waals surface area contributed by atoms with Gasteiger partial charge < -0.3 is 15.8 Å². The largest absolute Gasteiger partial charge is 0.492 e. The van der Waals surface area contributed by atoms with Crippen molar-refractivity contribution in [2.45, 2.75) is 6.42 Å². The highest BCUT2D eigenvalue weighted by Crippen LogP contribution is 2.12. The Bertz CT molecular complexity index is 599. The van der Waals surface area contributed by atoms with Crippen LogP contribution in [0.25, 0.3) is 0 Å². The molecule has 110 valence electrons. The second-order valence-corrected chi connectivity index (χ2v) is 4.54. The van der Waals surface area contributed by atoms with Gasteiger partial charge in [0.2, 0.25) is 5.91 Å². The Morgan fingerprint density at radius 3 is 2.57 bits per heavy atom. The fourth-order valence-corrected chi connectivity index (χ4v) is 1.80. The van der Waals surface area contributed by atoms with Crippen LogP contribution < -0.4 is 15.8 Å². The molecule has 0 atom stereocenters. The second-order valence-electron chi connectivity index (χ2n) is 4.54. The number of hydrogen-bond acceptors (Lipinski definition) is 3. The van der Waals surface area contributed by atoms with Gasteiger partial charge in [-0.15, -0.1) is 0 Å². The molecule has 0 saturated heterocycles. The van der Waals surface area contributed by atoms with Gasteiger partial charge in [0, 0.05) is 5.69 Å². The lowest BCUT2D eigenvalue weighted by molar-refractivity contribution is -0.120. The van der Waals surface area contributed by atoms with E-state index in [1.807, 2.05) is 0 Å². The Labute approximate surface area is 122 Å². The molecule has 0 aliphatic carbocycles. The van der Waals surface area contributed by atoms with Crippen molar-refractivity contribution >= 4 is 11.6 Å². The van der Waals surface area contributed by atoms with Crippen LogP contribution in [0.15, 0.2) is 48.5 Å². The first-order valence-electron chi connectivity index (χ1n) is 6.63. The van der Waals surface area contributed by atoms with Crippen molar-refractivity contribution in [3.05, 3.63) is 59.9 Å². The van der Waals surface area contributed by atoms with Crippen molar-refractivity contribution < 1.29 is 13.9 Å². The first-order chi connectivity index (χ1) is 10.1. The maximum Gasteiger partial charge on any atom is 0.224 e. The van der Waals surface area contributed by atoms with Gasteiger partial charge in [0.1, 0.15) is 18.2 Å². The van der Waals surface area contributed by atoms with Gasteiger partial charge in [-0.05, 0) is 35.9 Å². The molecule has 3 N–H and O–H groups in total. The quantitative estimate of drug-likeness (QED) is 0.632. The summed E-state index contributed by atoms with van der Waals surface area (Å²) in [6.45, 7) is 0.699. The van der Waals surface area contributed by atoms with Gasteiger partial charge in [0.05, 0.1) is 13.0 Å². The highest BCUT2D eigenvalue weighted by molar-refractivity contribution is 5.78. The first-order valence-corrected chi connectivity index (χ1v) is 6.63. The van der Waals surface area contributed by atoms with Crippen LogP contribution in [-0.4, -0.2) is 19.1 Å². The lowest BCUT2D eigenvalue weighted by Gasteiger charge is -2.08. The van der Waals surface area contributed by atoms with Crippen LogP contribution in [0, 0.1) is 5.82 Å². The minimum atomic E-state index is -0.370. The van der Waals surface area contributed by atoms with Crippen molar-refractivity contribution in [2.75, 3.05) is 18.9 Å². The number of hydrogen-bond donors (Lipinski definition) is 2. The van der Waals surface area contributed by atoms with Gasteiger partial charge in [-0.25, -0.2) is 4.39 Å². The molecular formula is C16H17FN2O2. The molecule has 0 saturated carbocycles. The number of carbonyl (C=O) groups is 1. The van der Waals surface area contributed by atoms with Crippen molar-refractivity contribution in [3.8, 4) is 5.75 Å². The topological polar surface area (TPSA) is 64.3 Å². The Morgan fingerprint density at radius 1 is 1.14 bits per heavy atom. The number of benzene rings is 2. The molecule has 0 radical (unpaired) electrons. The summed E-state index contributed by atoms with van der Waals surface area (Å²) in [5.41, 5.74) is 6.61. The number of nitrogens with one attached hydrogen (secondary N) is 1. The van der Waals surface area contributed by atoms with E-state index in [0.29, 0.717) is 30.2 Å². The Morgan fingerprint density at radius 2 is 1.86 bits per heavy atom. The van der Waals surface area contributed by atoms with Crippen molar-refractivity contribution in [1.29, 1.82) is 0 Å². The van der Waals surface area contributed by atoms with E-state index in [-0.39, 0.29) is 18.1 Å². The SMILES string of the molecule is Nc1ccc(OCCNC(=O)Cc2ccccc2F)cc1. The smallest absolute Gasteiger partial charge is 0.224 e. The van der Waals surface area contributed by atoms with Crippen LogP contribution in [0.4, 0.5) is 10.1 Å². The summed E-state index contributed by atoms with van der Waals surface area (Å²) in [6.07, 6.45) is 0.0224. The molecule has 0 aliphatic heterocycles. The molecular weight excluding hydrogens is 271 g/mol. The third-order valence-corrected chi connectivity index (χ3v) is 2.88. The normalized spacial score (nSPS) is 10.1. The minimum Gasteiger partial charge on any atom is -0.492 e. The Balaban J connectivity index is 1.70. The minimum absolute atomic E-state index is 0.0224. The van der Waals surface area contributed by atoms with Crippen LogP contribution >= 0.6 is 0 Å². The van der Waals surface area contributed by atoms with Crippen LogP contribution in [0.1, 0.15) is 5.56 Å². The molecule has 0 spiro atoms. The lowest BCUT2D eigenvalue weighted by atomic mass is 10.1. The van der Waals surface area contributed by atoms with Crippen LogP contribution in [0.5, 0.6) is 5.75 Å². The number of ether oxygens (including phenoxy) is 1. The lowest BCUT2D eigenvalue weighted by Crippen LogP contribution is -2.29. The second kappa shape index (κ2) is 7.28. The fourth-order valence-electron chi connectivity index (χ4n) is 1.80. The maximum absolute atomic E-state index is 13.4. The van der Waals surface area contributed by atoms with E-state index < -0.39 is 0 Å². The summed E-state index contributed by atoms with van der Waals surface area (Å²) in [5, 5.41) is 2.68. The van der Waals surface area contributed by atoms with Crippen LogP contribution in [-0.2, 0) is 11.2 Å². The number of amides is 1. The molecule has 4 nitrogen and oxygen atoms in total. The molecule has 0 aromatic heterocycles. The molecule has 1 amide bonds. The van der Waals surface area contributed by atoms with Crippen LogP contribution in [0.2, 0.25) is 0 Å². The summed E-state index contributed by atoms with van der Waals surface area (Å²) in [4.78, 5) is 11.7. The van der Waals surface area contributed by atoms with Crippen molar-refractivity contribution in [1.82, 2.24) is 5.32 Å². The Hall–Kier alpha value is -2.56. The molecule has 0 fully saturated rings. The number of carbonyl (C=O) groups excluding carboxylic acids is 1. The predicted molar refractivity (Wildman–Crippen MR) is 79.5 cm³/mol. The monoisotopic (exact) mass is 288 g/mol. The molecule has 2 aromatic carbocycles. The predicted octanol–water partition coefficient (Wildman–Crippen LogP) is 2.15. The van der Waals surface area contributed by atoms with Crippen LogP contribution in [0.3, 0.4) is 0 Å². The van der Waals surface area contributed by atoms with E-state index in [1.165, 1.54) is 6.07 Å². The third-order valence-electron chi connectivity index (χ3n) is 2.88. The standard InChI is InChI=1S/C16H17FN2O2/c17-15-4-2-1-3-12(15)11-16(20)19-9-10-21-14-7-5-13(18)6-8-14/h1-8H,9-11,18H2,(H,19,20). The molecule has 21 heavy (non-hydrogen) atoms. The summed E-state index contributed by atoms with van der Waals surface area (Å²) < 4.78 is 18.8. The number of nitrogen functional groups attached to an aromatic ring is 1. The summed E-state index contributed by atoms with van der Waals surface area (Å²) in [5.74, 6) is 0.0827. The van der Waals surface area contributed by atoms with Gasteiger partial charge in [0.25, 0.3) is 0 Å².